The van der Waals surface area contributed by atoms with Crippen LogP contribution < -0.4 is 10.1 Å². The molecule has 2 amide bonds. The van der Waals surface area contributed by atoms with Crippen molar-refractivity contribution in [3.8, 4) is 5.75 Å². The molecule has 0 aliphatic carbocycles. The van der Waals surface area contributed by atoms with E-state index in [0.717, 1.165) is 17.7 Å². The number of urea groups is 1. The Morgan fingerprint density at radius 3 is 2.88 bits per heavy atom. The summed E-state index contributed by atoms with van der Waals surface area (Å²) in [7, 11) is 5.05. The molecule has 1 rings (SSSR count). The van der Waals surface area contributed by atoms with Gasteiger partial charge in [-0.1, -0.05) is 12.1 Å². The first-order chi connectivity index (χ1) is 7.67. The van der Waals surface area contributed by atoms with Gasteiger partial charge >= 0.3 is 6.03 Å². The minimum absolute atomic E-state index is 0.0668. The lowest BCUT2D eigenvalue weighted by Gasteiger charge is -2.16. The van der Waals surface area contributed by atoms with E-state index in [2.05, 4.69) is 5.32 Å². The second-order valence-corrected chi connectivity index (χ2v) is 3.58. The largest absolute Gasteiger partial charge is 0.497 e. The molecule has 0 bridgehead atoms. The van der Waals surface area contributed by atoms with Crippen LogP contribution in [0.1, 0.15) is 5.56 Å². The highest BCUT2D eigenvalue weighted by atomic mass is 16.5. The molecule has 0 aromatic heterocycles. The number of ether oxygens (including phenoxy) is 1. The summed E-state index contributed by atoms with van der Waals surface area (Å²) in [5.41, 5.74) is 1.16. The molecular formula is C12H18N2O2. The minimum atomic E-state index is -0.0668. The Balaban J connectivity index is 2.51. The molecule has 0 spiro atoms. The minimum Gasteiger partial charge on any atom is -0.497 e. The Kier molecular flexibility index (Phi) is 4.64. The van der Waals surface area contributed by atoms with Crippen molar-refractivity contribution in [1.82, 2.24) is 10.2 Å². The maximum atomic E-state index is 11.2. The number of carbonyl (C=O) groups excluding carboxylic acids is 1. The summed E-state index contributed by atoms with van der Waals surface area (Å²) in [5.74, 6) is 0.847. The maximum Gasteiger partial charge on any atom is 0.316 e. The second kappa shape index (κ2) is 6.00. The van der Waals surface area contributed by atoms with Crippen LogP contribution in [-0.2, 0) is 6.42 Å². The molecule has 1 N–H and O–H groups in total. The van der Waals surface area contributed by atoms with Gasteiger partial charge < -0.3 is 15.0 Å². The molecule has 0 radical (unpaired) electrons. The van der Waals surface area contributed by atoms with Crippen molar-refractivity contribution in [2.24, 2.45) is 0 Å². The first kappa shape index (κ1) is 12.4. The van der Waals surface area contributed by atoms with Gasteiger partial charge in [0.25, 0.3) is 0 Å². The van der Waals surface area contributed by atoms with Crippen LogP contribution in [0.25, 0.3) is 0 Å². The van der Waals surface area contributed by atoms with Crippen LogP contribution in [0.4, 0.5) is 4.79 Å². The molecule has 0 aliphatic heterocycles. The number of rotatable bonds is 4. The highest BCUT2D eigenvalue weighted by molar-refractivity contribution is 5.73. The van der Waals surface area contributed by atoms with Crippen LogP contribution in [0, 0.1) is 0 Å². The van der Waals surface area contributed by atoms with Crippen molar-refractivity contribution < 1.29 is 9.53 Å². The Morgan fingerprint density at radius 2 is 2.25 bits per heavy atom. The number of hydrogen-bond donors (Lipinski definition) is 1. The lowest BCUT2D eigenvalue weighted by Crippen LogP contribution is -2.36. The average Bonchev–Trinajstić information content (AvgIpc) is 2.35. The van der Waals surface area contributed by atoms with Crippen molar-refractivity contribution in [3.05, 3.63) is 29.8 Å². The molecule has 0 heterocycles. The molecule has 0 saturated carbocycles. The third kappa shape index (κ3) is 3.46. The number of amides is 2. The lowest BCUT2D eigenvalue weighted by molar-refractivity contribution is 0.211. The van der Waals surface area contributed by atoms with E-state index in [0.29, 0.717) is 6.54 Å². The van der Waals surface area contributed by atoms with E-state index in [1.807, 2.05) is 24.3 Å². The summed E-state index contributed by atoms with van der Waals surface area (Å²) in [6.45, 7) is 0.687. The number of carbonyl (C=O) groups is 1. The van der Waals surface area contributed by atoms with Crippen LogP contribution in [0.15, 0.2) is 24.3 Å². The Bertz CT molecular complexity index is 353. The van der Waals surface area contributed by atoms with Crippen LogP contribution in [0.2, 0.25) is 0 Å². The summed E-state index contributed by atoms with van der Waals surface area (Å²) in [4.78, 5) is 12.9. The van der Waals surface area contributed by atoms with E-state index in [4.69, 9.17) is 4.74 Å². The molecule has 0 aliphatic rings. The normalized spacial score (nSPS) is 9.69. The molecule has 4 nitrogen and oxygen atoms in total. The summed E-state index contributed by atoms with van der Waals surface area (Å²) in [5, 5.41) is 2.59. The van der Waals surface area contributed by atoms with Gasteiger partial charge in [0.2, 0.25) is 0 Å². The van der Waals surface area contributed by atoms with Crippen molar-refractivity contribution in [2.45, 2.75) is 6.42 Å². The average molecular weight is 222 g/mol. The number of nitrogens with zero attached hydrogens (tertiary/aromatic N) is 1. The van der Waals surface area contributed by atoms with Crippen LogP contribution >= 0.6 is 0 Å². The second-order valence-electron chi connectivity index (χ2n) is 3.58. The summed E-state index contributed by atoms with van der Waals surface area (Å²) < 4.78 is 5.14. The standard InChI is InChI=1S/C12H18N2O2/c1-13-12(15)14(2)8-7-10-5-4-6-11(9-10)16-3/h4-6,9H,7-8H2,1-3H3,(H,13,15). The molecule has 0 fully saturated rings. The van der Waals surface area contributed by atoms with Crippen LogP contribution in [0.5, 0.6) is 5.75 Å². The Labute approximate surface area is 96.2 Å². The molecular weight excluding hydrogens is 204 g/mol. The van der Waals surface area contributed by atoms with E-state index in [-0.39, 0.29) is 6.03 Å². The zero-order chi connectivity index (χ0) is 12.0. The van der Waals surface area contributed by atoms with Gasteiger partial charge in [0.05, 0.1) is 7.11 Å². The van der Waals surface area contributed by atoms with Gasteiger partial charge in [0, 0.05) is 20.6 Å². The molecule has 0 saturated heterocycles. The Hall–Kier alpha value is -1.71. The highest BCUT2D eigenvalue weighted by Crippen LogP contribution is 2.12. The van der Waals surface area contributed by atoms with E-state index >= 15 is 0 Å². The third-order valence-corrected chi connectivity index (χ3v) is 2.43. The van der Waals surface area contributed by atoms with Crippen molar-refractivity contribution in [1.29, 1.82) is 0 Å². The maximum absolute atomic E-state index is 11.2. The highest BCUT2D eigenvalue weighted by Gasteiger charge is 2.05. The number of nitrogens with one attached hydrogen (secondary N) is 1. The van der Waals surface area contributed by atoms with Crippen molar-refractivity contribution in [3.63, 3.8) is 0 Å². The number of benzene rings is 1. The predicted molar refractivity (Wildman–Crippen MR) is 63.8 cm³/mol. The summed E-state index contributed by atoms with van der Waals surface area (Å²) >= 11 is 0. The van der Waals surface area contributed by atoms with Crippen molar-refractivity contribution >= 4 is 6.03 Å². The Morgan fingerprint density at radius 1 is 1.50 bits per heavy atom. The fraction of sp³-hybridized carbons (Fsp3) is 0.417. The molecule has 16 heavy (non-hydrogen) atoms. The smallest absolute Gasteiger partial charge is 0.316 e. The molecule has 1 aromatic rings. The van der Waals surface area contributed by atoms with E-state index in [1.165, 1.54) is 0 Å². The first-order valence-electron chi connectivity index (χ1n) is 5.23. The molecule has 4 heteroatoms. The monoisotopic (exact) mass is 222 g/mol. The van der Waals surface area contributed by atoms with Gasteiger partial charge in [-0.3, -0.25) is 0 Å². The first-order valence-corrected chi connectivity index (χ1v) is 5.23. The molecule has 1 aromatic carbocycles. The summed E-state index contributed by atoms with van der Waals surface area (Å²) in [6.07, 6.45) is 0.821. The van der Waals surface area contributed by atoms with Crippen molar-refractivity contribution in [2.75, 3.05) is 27.7 Å². The van der Waals surface area contributed by atoms with Gasteiger partial charge in [-0.15, -0.1) is 0 Å². The van der Waals surface area contributed by atoms with Gasteiger partial charge in [-0.2, -0.15) is 0 Å². The lowest BCUT2D eigenvalue weighted by atomic mass is 10.1. The topological polar surface area (TPSA) is 41.6 Å². The van der Waals surface area contributed by atoms with Gasteiger partial charge in [-0.25, -0.2) is 4.79 Å². The van der Waals surface area contributed by atoms with Gasteiger partial charge in [-0.05, 0) is 24.1 Å². The fourth-order valence-electron chi connectivity index (χ4n) is 1.42. The zero-order valence-electron chi connectivity index (χ0n) is 9.99. The molecule has 88 valence electrons. The van der Waals surface area contributed by atoms with Crippen LogP contribution in [0.3, 0.4) is 0 Å². The molecule has 0 atom stereocenters. The number of likely N-dealkylation sites (N-methyl/N-ethyl adjacent to an activating group) is 1. The van der Waals surface area contributed by atoms with E-state index in [1.54, 1.807) is 26.1 Å². The van der Waals surface area contributed by atoms with E-state index in [9.17, 15) is 4.79 Å². The zero-order valence-corrected chi connectivity index (χ0v) is 9.99. The van der Waals surface area contributed by atoms with E-state index < -0.39 is 0 Å². The van der Waals surface area contributed by atoms with Crippen LogP contribution in [-0.4, -0.2) is 38.7 Å². The number of methoxy groups -OCH3 is 1. The quantitative estimate of drug-likeness (QED) is 0.839. The SMILES string of the molecule is CNC(=O)N(C)CCc1cccc(OC)c1. The molecule has 0 unspecified atom stereocenters. The van der Waals surface area contributed by atoms with Gasteiger partial charge in [0.15, 0.2) is 0 Å². The number of hydrogen-bond acceptors (Lipinski definition) is 2. The fourth-order valence-corrected chi connectivity index (χ4v) is 1.42. The van der Waals surface area contributed by atoms with Gasteiger partial charge in [0.1, 0.15) is 5.75 Å². The third-order valence-electron chi connectivity index (χ3n) is 2.43. The summed E-state index contributed by atoms with van der Waals surface area (Å²) in [6, 6.07) is 7.81. The predicted octanol–water partition coefficient (Wildman–Crippen LogP) is 1.51.